The molecule has 1 saturated carbocycles. The Balaban J connectivity index is 1.82. The third kappa shape index (κ3) is 2.39. The lowest BCUT2D eigenvalue weighted by atomic mass is 9.54. The molecular formula is C23H24O8. The molecular weight excluding hydrogens is 404 g/mol. The van der Waals surface area contributed by atoms with Crippen LogP contribution in [0.4, 0.5) is 0 Å². The van der Waals surface area contributed by atoms with Gasteiger partial charge in [0, 0.05) is 49.3 Å². The lowest BCUT2D eigenvalue weighted by Gasteiger charge is -2.51. The van der Waals surface area contributed by atoms with Crippen molar-refractivity contribution in [2.24, 2.45) is 11.3 Å². The van der Waals surface area contributed by atoms with E-state index in [1.807, 2.05) is 13.8 Å². The van der Waals surface area contributed by atoms with Crippen molar-refractivity contribution < 1.29 is 37.8 Å². The summed E-state index contributed by atoms with van der Waals surface area (Å²) in [6.45, 7) is 5.11. The van der Waals surface area contributed by atoms with E-state index in [0.29, 0.717) is 29.6 Å². The third-order valence-electron chi connectivity index (χ3n) is 7.70. The number of allylic oxidation sites excluding steroid dienone is 1. The summed E-state index contributed by atoms with van der Waals surface area (Å²) in [5.41, 5.74) is -0.0741. The number of hydrogen-bond acceptors (Lipinski definition) is 8. The van der Waals surface area contributed by atoms with Gasteiger partial charge in [-0.2, -0.15) is 0 Å². The van der Waals surface area contributed by atoms with Crippen LogP contribution in [0.1, 0.15) is 66.5 Å². The van der Waals surface area contributed by atoms with Gasteiger partial charge in [0.2, 0.25) is 5.78 Å². The molecule has 0 spiro atoms. The van der Waals surface area contributed by atoms with Crippen molar-refractivity contribution in [2.75, 3.05) is 13.7 Å². The van der Waals surface area contributed by atoms with Crippen LogP contribution in [0.5, 0.6) is 0 Å². The summed E-state index contributed by atoms with van der Waals surface area (Å²) in [5, 5.41) is 0. The Hall–Kier alpha value is -2.74. The van der Waals surface area contributed by atoms with Crippen molar-refractivity contribution in [3.8, 4) is 0 Å². The zero-order valence-corrected chi connectivity index (χ0v) is 17.9. The van der Waals surface area contributed by atoms with Crippen LogP contribution in [0.2, 0.25) is 0 Å². The van der Waals surface area contributed by atoms with E-state index in [0.717, 1.165) is 0 Å². The van der Waals surface area contributed by atoms with E-state index >= 15 is 0 Å². The summed E-state index contributed by atoms with van der Waals surface area (Å²) in [6.07, 6.45) is 0.906. The minimum absolute atomic E-state index is 0.0635. The van der Waals surface area contributed by atoms with Gasteiger partial charge in [-0.1, -0.05) is 6.92 Å². The van der Waals surface area contributed by atoms with Crippen LogP contribution in [-0.2, 0) is 29.2 Å². The topological polar surface area (TPSA) is 109 Å². The quantitative estimate of drug-likeness (QED) is 0.676. The molecule has 1 aromatic rings. The number of hydrogen-bond donors (Lipinski definition) is 0. The summed E-state index contributed by atoms with van der Waals surface area (Å²) in [5.74, 6) is -1.58. The van der Waals surface area contributed by atoms with Gasteiger partial charge in [-0.25, -0.2) is 4.79 Å². The standard InChI is InChI=1S/C23H24O8/c1-10(24)30-13-7-22(2)12(5-6-14(22)25)16-18(13)23(3)15(9-28-4)31-21(27)11-8-29-20(17(11)23)19(16)26/h8,12-13,15H,5-7,9H2,1-4H3/t12-,13-,15+,22-,23-/m0/s1. The summed E-state index contributed by atoms with van der Waals surface area (Å²) >= 11 is 0. The van der Waals surface area contributed by atoms with Crippen LogP contribution in [0.15, 0.2) is 21.8 Å². The molecule has 3 aliphatic carbocycles. The van der Waals surface area contributed by atoms with Gasteiger partial charge < -0.3 is 18.6 Å². The molecule has 1 aliphatic heterocycles. The van der Waals surface area contributed by atoms with Gasteiger partial charge in [0.1, 0.15) is 29.8 Å². The fourth-order valence-corrected chi connectivity index (χ4v) is 6.28. The molecule has 1 fully saturated rings. The number of ether oxygens (including phenoxy) is 3. The Bertz CT molecular complexity index is 1080. The molecule has 0 N–H and O–H groups in total. The molecule has 0 radical (unpaired) electrons. The van der Waals surface area contributed by atoms with Crippen molar-refractivity contribution in [2.45, 2.75) is 57.7 Å². The van der Waals surface area contributed by atoms with E-state index in [1.54, 1.807) is 0 Å². The maximum atomic E-state index is 13.7. The van der Waals surface area contributed by atoms with Crippen LogP contribution >= 0.6 is 0 Å². The molecule has 31 heavy (non-hydrogen) atoms. The highest BCUT2D eigenvalue weighted by molar-refractivity contribution is 6.14. The second-order valence-electron chi connectivity index (χ2n) is 9.30. The largest absolute Gasteiger partial charge is 0.460 e. The van der Waals surface area contributed by atoms with E-state index < -0.39 is 35.0 Å². The Morgan fingerprint density at radius 3 is 2.68 bits per heavy atom. The van der Waals surface area contributed by atoms with Gasteiger partial charge in [0.15, 0.2) is 5.76 Å². The molecule has 164 valence electrons. The highest BCUT2D eigenvalue weighted by atomic mass is 16.6. The van der Waals surface area contributed by atoms with Crippen LogP contribution in [-0.4, -0.2) is 49.4 Å². The maximum absolute atomic E-state index is 13.7. The molecule has 0 saturated heterocycles. The minimum Gasteiger partial charge on any atom is -0.460 e. The molecule has 5 rings (SSSR count). The van der Waals surface area contributed by atoms with Crippen molar-refractivity contribution in [3.05, 3.63) is 34.3 Å². The lowest BCUT2D eigenvalue weighted by Crippen LogP contribution is -2.57. The number of esters is 2. The fourth-order valence-electron chi connectivity index (χ4n) is 6.28. The Morgan fingerprint density at radius 2 is 2.00 bits per heavy atom. The monoisotopic (exact) mass is 428 g/mol. The summed E-state index contributed by atoms with van der Waals surface area (Å²) in [6, 6.07) is 0. The van der Waals surface area contributed by atoms with Gasteiger partial charge in [-0.15, -0.1) is 0 Å². The molecule has 1 aromatic heterocycles. The Morgan fingerprint density at radius 1 is 1.26 bits per heavy atom. The highest BCUT2D eigenvalue weighted by Gasteiger charge is 2.64. The summed E-state index contributed by atoms with van der Waals surface area (Å²) < 4.78 is 22.4. The smallest absolute Gasteiger partial charge is 0.342 e. The maximum Gasteiger partial charge on any atom is 0.342 e. The number of ketones is 2. The lowest BCUT2D eigenvalue weighted by molar-refractivity contribution is -0.149. The van der Waals surface area contributed by atoms with Crippen molar-refractivity contribution in [3.63, 3.8) is 0 Å². The fraction of sp³-hybridized carbons (Fsp3) is 0.565. The van der Waals surface area contributed by atoms with Crippen LogP contribution < -0.4 is 0 Å². The second-order valence-corrected chi connectivity index (χ2v) is 9.30. The zero-order valence-electron chi connectivity index (χ0n) is 17.9. The average Bonchev–Trinajstić information content (AvgIpc) is 3.27. The van der Waals surface area contributed by atoms with E-state index in [4.69, 9.17) is 18.6 Å². The van der Waals surface area contributed by atoms with Crippen molar-refractivity contribution in [1.29, 1.82) is 0 Å². The molecule has 0 bridgehead atoms. The predicted molar refractivity (Wildman–Crippen MR) is 105 cm³/mol. The van der Waals surface area contributed by atoms with Crippen molar-refractivity contribution >= 4 is 23.5 Å². The summed E-state index contributed by atoms with van der Waals surface area (Å²) in [4.78, 5) is 51.2. The summed E-state index contributed by atoms with van der Waals surface area (Å²) in [7, 11) is 1.50. The number of furan rings is 1. The van der Waals surface area contributed by atoms with E-state index in [2.05, 4.69) is 0 Å². The third-order valence-corrected chi connectivity index (χ3v) is 7.70. The SMILES string of the molecule is COC[C@H]1OC(=O)c2coc3c2[C@@]1(C)C1=C(C3=O)[C@@H]2CCC(=O)[C@@]2(C)C[C@@H]1OC(C)=O. The molecule has 5 atom stereocenters. The van der Waals surface area contributed by atoms with E-state index in [1.165, 1.54) is 20.3 Å². The first-order chi connectivity index (χ1) is 14.6. The second kappa shape index (κ2) is 6.38. The van der Waals surface area contributed by atoms with Crippen molar-refractivity contribution in [1.82, 2.24) is 0 Å². The van der Waals surface area contributed by atoms with Gasteiger partial charge >= 0.3 is 11.9 Å². The first kappa shape index (κ1) is 20.2. The molecule has 8 nitrogen and oxygen atoms in total. The van der Waals surface area contributed by atoms with Gasteiger partial charge in [0.25, 0.3) is 0 Å². The number of Topliss-reactive ketones (excluding diaryl/α,β-unsaturated/α-hetero) is 2. The molecule has 8 heteroatoms. The van der Waals surface area contributed by atoms with E-state index in [-0.39, 0.29) is 41.8 Å². The highest BCUT2D eigenvalue weighted by Crippen LogP contribution is 2.61. The minimum atomic E-state index is -0.988. The number of carbonyl (C=O) groups is 4. The number of rotatable bonds is 3. The first-order valence-corrected chi connectivity index (χ1v) is 10.5. The molecule has 0 aromatic carbocycles. The molecule has 4 aliphatic rings. The van der Waals surface area contributed by atoms with Crippen LogP contribution in [0.25, 0.3) is 0 Å². The zero-order chi connectivity index (χ0) is 22.3. The first-order valence-electron chi connectivity index (χ1n) is 10.5. The average molecular weight is 428 g/mol. The van der Waals surface area contributed by atoms with Crippen LogP contribution in [0.3, 0.4) is 0 Å². The number of carbonyl (C=O) groups excluding carboxylic acids is 4. The number of methoxy groups -OCH3 is 1. The van der Waals surface area contributed by atoms with E-state index in [9.17, 15) is 19.2 Å². The molecule has 0 amide bonds. The molecule has 0 unspecified atom stereocenters. The Labute approximate surface area is 178 Å². The molecule has 2 heterocycles. The Kier molecular flexibility index (Phi) is 4.16. The normalized spacial score (nSPS) is 36.0. The van der Waals surface area contributed by atoms with Gasteiger partial charge in [-0.05, 0) is 18.9 Å². The predicted octanol–water partition coefficient (Wildman–Crippen LogP) is 2.54. The van der Waals surface area contributed by atoms with Crippen LogP contribution in [0, 0.1) is 11.3 Å². The number of cyclic esters (lactones) is 1. The number of fused-ring (bicyclic) bond motifs is 3. The van der Waals surface area contributed by atoms with Gasteiger partial charge in [-0.3, -0.25) is 14.4 Å². The van der Waals surface area contributed by atoms with Gasteiger partial charge in [0.05, 0.1) is 12.0 Å².